The molecule has 100 valence electrons. The summed E-state index contributed by atoms with van der Waals surface area (Å²) >= 11 is 0. The van der Waals surface area contributed by atoms with Crippen molar-refractivity contribution in [3.8, 4) is 0 Å². The van der Waals surface area contributed by atoms with Gasteiger partial charge in [-0.3, -0.25) is 0 Å². The van der Waals surface area contributed by atoms with Crippen LogP contribution in [-0.4, -0.2) is 0 Å². The SMILES string of the molecule is C=C=Cc1c(C)ccc2c1C(C(CC)CC)C(C)=C2. The summed E-state index contributed by atoms with van der Waals surface area (Å²) in [5.74, 6) is 1.31. The maximum atomic E-state index is 3.75. The molecule has 2 rings (SSSR count). The van der Waals surface area contributed by atoms with Gasteiger partial charge in [-0.25, -0.2) is 0 Å². The standard InChI is InChI=1S/C19H24/c1-6-9-17-13(4)10-11-16-12-14(5)18(19(16)17)15(7-2)8-3/h9-12,15,18H,1,7-8H2,2-5H3. The van der Waals surface area contributed by atoms with Crippen LogP contribution in [0.15, 0.2) is 30.0 Å². The monoisotopic (exact) mass is 252 g/mol. The quantitative estimate of drug-likeness (QED) is 0.600. The van der Waals surface area contributed by atoms with Crippen molar-refractivity contribution in [2.45, 2.75) is 46.5 Å². The van der Waals surface area contributed by atoms with Gasteiger partial charge in [-0.15, -0.1) is 5.73 Å². The molecular weight excluding hydrogens is 228 g/mol. The summed E-state index contributed by atoms with van der Waals surface area (Å²) in [4.78, 5) is 0. The molecule has 0 radical (unpaired) electrons. The molecule has 1 aliphatic carbocycles. The molecule has 0 aliphatic heterocycles. The highest BCUT2D eigenvalue weighted by molar-refractivity contribution is 5.74. The summed E-state index contributed by atoms with van der Waals surface area (Å²) in [6.45, 7) is 12.8. The van der Waals surface area contributed by atoms with E-state index in [1.165, 1.54) is 40.7 Å². The number of hydrogen-bond acceptors (Lipinski definition) is 0. The Morgan fingerprint density at radius 1 is 1.26 bits per heavy atom. The Morgan fingerprint density at radius 3 is 2.53 bits per heavy atom. The molecule has 1 atom stereocenters. The lowest BCUT2D eigenvalue weighted by Crippen LogP contribution is -2.12. The topological polar surface area (TPSA) is 0 Å². The fourth-order valence-corrected chi connectivity index (χ4v) is 3.46. The van der Waals surface area contributed by atoms with Crippen LogP contribution in [0.4, 0.5) is 0 Å². The summed E-state index contributed by atoms with van der Waals surface area (Å²) < 4.78 is 0. The fourth-order valence-electron chi connectivity index (χ4n) is 3.46. The van der Waals surface area contributed by atoms with Gasteiger partial charge in [-0.2, -0.15) is 0 Å². The zero-order chi connectivity index (χ0) is 14.0. The predicted octanol–water partition coefficient (Wildman–Crippen LogP) is 5.73. The van der Waals surface area contributed by atoms with Crippen LogP contribution in [0.2, 0.25) is 0 Å². The molecule has 0 aromatic heterocycles. The highest BCUT2D eigenvalue weighted by Gasteiger charge is 2.30. The molecule has 0 spiro atoms. The van der Waals surface area contributed by atoms with Crippen molar-refractivity contribution in [1.82, 2.24) is 0 Å². The van der Waals surface area contributed by atoms with E-state index in [0.29, 0.717) is 5.92 Å². The summed E-state index contributed by atoms with van der Waals surface area (Å²) in [5, 5.41) is 0. The number of rotatable bonds is 4. The van der Waals surface area contributed by atoms with Crippen molar-refractivity contribution in [1.29, 1.82) is 0 Å². The van der Waals surface area contributed by atoms with E-state index in [2.05, 4.69) is 64.3 Å². The van der Waals surface area contributed by atoms with Gasteiger partial charge in [0.15, 0.2) is 0 Å². The molecule has 0 fully saturated rings. The third kappa shape index (κ3) is 2.33. The molecule has 0 saturated heterocycles. The van der Waals surface area contributed by atoms with Gasteiger partial charge in [0.25, 0.3) is 0 Å². The predicted molar refractivity (Wildman–Crippen MR) is 85.2 cm³/mol. The fraction of sp³-hybridized carbons (Fsp3) is 0.421. The van der Waals surface area contributed by atoms with Crippen molar-refractivity contribution in [2.24, 2.45) is 5.92 Å². The summed E-state index contributed by atoms with van der Waals surface area (Å²) in [6, 6.07) is 4.47. The lowest BCUT2D eigenvalue weighted by Gasteiger charge is -2.26. The molecule has 0 amide bonds. The number of hydrogen-bond donors (Lipinski definition) is 0. The molecule has 0 saturated carbocycles. The number of benzene rings is 1. The van der Waals surface area contributed by atoms with Gasteiger partial charge in [0.2, 0.25) is 0 Å². The Bertz CT molecular complexity index is 550. The van der Waals surface area contributed by atoms with Gasteiger partial charge < -0.3 is 0 Å². The van der Waals surface area contributed by atoms with E-state index in [-0.39, 0.29) is 0 Å². The highest BCUT2D eigenvalue weighted by Crippen LogP contribution is 2.45. The summed E-state index contributed by atoms with van der Waals surface area (Å²) in [6.07, 6.45) is 6.88. The van der Waals surface area contributed by atoms with E-state index in [9.17, 15) is 0 Å². The molecule has 0 nitrogen and oxygen atoms in total. The first-order valence-electron chi connectivity index (χ1n) is 7.31. The maximum Gasteiger partial charge on any atom is 0.00890 e. The first-order chi connectivity index (χ1) is 9.13. The van der Waals surface area contributed by atoms with Crippen LogP contribution in [-0.2, 0) is 0 Å². The van der Waals surface area contributed by atoms with E-state index < -0.39 is 0 Å². The molecule has 1 aromatic carbocycles. The van der Waals surface area contributed by atoms with E-state index in [1.807, 2.05) is 0 Å². The molecule has 0 heteroatoms. The van der Waals surface area contributed by atoms with Crippen LogP contribution in [0.25, 0.3) is 12.2 Å². The van der Waals surface area contributed by atoms with Gasteiger partial charge in [-0.05, 0) is 48.1 Å². The minimum absolute atomic E-state index is 0.574. The van der Waals surface area contributed by atoms with Crippen LogP contribution in [0.5, 0.6) is 0 Å². The lowest BCUT2D eigenvalue weighted by molar-refractivity contribution is 0.437. The van der Waals surface area contributed by atoms with Crippen LogP contribution < -0.4 is 0 Å². The van der Waals surface area contributed by atoms with E-state index >= 15 is 0 Å². The molecule has 0 N–H and O–H groups in total. The minimum Gasteiger partial charge on any atom is -0.128 e. The van der Waals surface area contributed by atoms with Crippen molar-refractivity contribution in [2.75, 3.05) is 0 Å². The normalized spacial score (nSPS) is 17.1. The molecule has 19 heavy (non-hydrogen) atoms. The molecule has 0 bridgehead atoms. The van der Waals surface area contributed by atoms with Gasteiger partial charge >= 0.3 is 0 Å². The largest absolute Gasteiger partial charge is 0.128 e. The smallest absolute Gasteiger partial charge is 0.00890 e. The Kier molecular flexibility index (Phi) is 4.12. The molecular formula is C19H24. The Hall–Kier alpha value is -1.52. The zero-order valence-electron chi connectivity index (χ0n) is 12.6. The van der Waals surface area contributed by atoms with Crippen molar-refractivity contribution < 1.29 is 0 Å². The van der Waals surface area contributed by atoms with Crippen LogP contribution in [0.1, 0.15) is 61.8 Å². The zero-order valence-corrected chi connectivity index (χ0v) is 12.6. The Balaban J connectivity index is 2.63. The third-order valence-corrected chi connectivity index (χ3v) is 4.49. The van der Waals surface area contributed by atoms with E-state index in [0.717, 1.165) is 5.92 Å². The van der Waals surface area contributed by atoms with Gasteiger partial charge in [0.05, 0.1) is 0 Å². The van der Waals surface area contributed by atoms with Crippen molar-refractivity contribution >= 4 is 12.2 Å². The molecule has 1 unspecified atom stereocenters. The van der Waals surface area contributed by atoms with Gasteiger partial charge in [-0.1, -0.05) is 57.0 Å². The first kappa shape index (κ1) is 13.9. The third-order valence-electron chi connectivity index (χ3n) is 4.49. The molecule has 1 aliphatic rings. The van der Waals surface area contributed by atoms with E-state index in [1.54, 1.807) is 0 Å². The van der Waals surface area contributed by atoms with Gasteiger partial charge in [0.1, 0.15) is 0 Å². The maximum absolute atomic E-state index is 3.75. The second kappa shape index (κ2) is 5.63. The summed E-state index contributed by atoms with van der Waals surface area (Å²) in [5.41, 5.74) is 10.0. The Morgan fingerprint density at radius 2 is 1.95 bits per heavy atom. The Labute approximate surface area is 117 Å². The van der Waals surface area contributed by atoms with E-state index in [4.69, 9.17) is 0 Å². The second-order valence-electron chi connectivity index (χ2n) is 5.59. The minimum atomic E-state index is 0.574. The second-order valence-corrected chi connectivity index (χ2v) is 5.59. The van der Waals surface area contributed by atoms with Crippen LogP contribution >= 0.6 is 0 Å². The van der Waals surface area contributed by atoms with Gasteiger partial charge in [0, 0.05) is 5.92 Å². The van der Waals surface area contributed by atoms with Crippen molar-refractivity contribution in [3.05, 3.63) is 52.3 Å². The number of aryl methyl sites for hydroxylation is 1. The summed E-state index contributed by atoms with van der Waals surface area (Å²) in [7, 11) is 0. The van der Waals surface area contributed by atoms with Crippen LogP contribution in [0, 0.1) is 12.8 Å². The van der Waals surface area contributed by atoms with Crippen molar-refractivity contribution in [3.63, 3.8) is 0 Å². The number of fused-ring (bicyclic) bond motifs is 1. The molecule has 0 heterocycles. The lowest BCUT2D eigenvalue weighted by atomic mass is 9.78. The molecule has 1 aromatic rings. The first-order valence-corrected chi connectivity index (χ1v) is 7.31. The average Bonchev–Trinajstić information content (AvgIpc) is 2.72. The van der Waals surface area contributed by atoms with Crippen LogP contribution in [0.3, 0.4) is 0 Å². The average molecular weight is 252 g/mol. The number of allylic oxidation sites excluding steroid dienone is 1. The highest BCUT2D eigenvalue weighted by atomic mass is 14.3.